The molecule has 3 atom stereocenters. The Morgan fingerprint density at radius 2 is 1.17 bits per heavy atom. The fraction of sp³-hybridized carbons (Fsp3) is 0.238. The van der Waals surface area contributed by atoms with Crippen molar-refractivity contribution in [2.45, 2.75) is 80.6 Å². The molecular formula is C63H69N. The summed E-state index contributed by atoms with van der Waals surface area (Å²) in [6.45, 7) is 14.9. The minimum absolute atomic E-state index is 0.314. The number of aryl methyl sites for hydroxylation is 1. The smallest absolute Gasteiger partial charge is 0.0314 e. The van der Waals surface area contributed by atoms with Crippen molar-refractivity contribution in [3.8, 4) is 22.3 Å². The van der Waals surface area contributed by atoms with Gasteiger partial charge in [0.15, 0.2) is 0 Å². The lowest BCUT2D eigenvalue weighted by Crippen LogP contribution is -2.10. The van der Waals surface area contributed by atoms with Gasteiger partial charge in [0.05, 0.1) is 0 Å². The molecule has 1 nitrogen and oxygen atoms in total. The minimum Gasteiger partial charge on any atom is -0.399 e. The summed E-state index contributed by atoms with van der Waals surface area (Å²) in [5.41, 5.74) is 25.0. The fourth-order valence-electron chi connectivity index (χ4n) is 8.70. The molecule has 0 saturated carbocycles. The maximum atomic E-state index is 5.60. The number of anilines is 1. The lowest BCUT2D eigenvalue weighted by Gasteiger charge is -2.24. The van der Waals surface area contributed by atoms with Gasteiger partial charge < -0.3 is 5.73 Å². The van der Waals surface area contributed by atoms with Gasteiger partial charge in [-0.3, -0.25) is 0 Å². The average Bonchev–Trinajstić information content (AvgIpc) is 3.36. The Morgan fingerprint density at radius 3 is 1.84 bits per heavy atom. The molecule has 326 valence electrons. The first-order valence-corrected chi connectivity index (χ1v) is 23.9. The molecule has 3 unspecified atom stereocenters. The van der Waals surface area contributed by atoms with E-state index in [4.69, 9.17) is 5.73 Å². The SMILES string of the molecule is CC.CC.CCC(C)C1=CCCC=C1c1cc(C2=C/C=C/C3C=C(c4cc(C5=CC=CCC5)cc(-c5ccccc5)c4)C=CC3/C=C\2)ccc1C.Nc1ccc(-c2ccccc2)cc1. The first-order chi connectivity index (χ1) is 31.4. The second kappa shape index (κ2) is 23.9. The zero-order valence-corrected chi connectivity index (χ0v) is 39.4. The minimum atomic E-state index is 0.314. The number of allylic oxidation sites excluding steroid dienone is 18. The van der Waals surface area contributed by atoms with E-state index in [0.717, 1.165) is 31.4 Å². The molecule has 2 N–H and O–H groups in total. The normalized spacial score (nSPS) is 19.5. The van der Waals surface area contributed by atoms with Gasteiger partial charge in [0.25, 0.3) is 0 Å². The zero-order valence-electron chi connectivity index (χ0n) is 39.4. The molecule has 0 spiro atoms. The van der Waals surface area contributed by atoms with Crippen LogP contribution in [0.4, 0.5) is 5.69 Å². The lowest BCUT2D eigenvalue weighted by atomic mass is 9.80. The Balaban J connectivity index is 0.000000338. The van der Waals surface area contributed by atoms with Crippen molar-refractivity contribution in [2.75, 3.05) is 5.73 Å². The number of rotatable bonds is 8. The Bertz CT molecular complexity index is 2580. The van der Waals surface area contributed by atoms with E-state index in [0.29, 0.717) is 17.8 Å². The van der Waals surface area contributed by atoms with Crippen LogP contribution in [0.15, 0.2) is 206 Å². The van der Waals surface area contributed by atoms with Gasteiger partial charge in [-0.05, 0) is 159 Å². The molecule has 4 aliphatic carbocycles. The molecule has 5 aromatic carbocycles. The third-order valence-corrected chi connectivity index (χ3v) is 12.4. The van der Waals surface area contributed by atoms with Gasteiger partial charge in [-0.2, -0.15) is 0 Å². The number of nitrogens with two attached hydrogens (primary N) is 1. The van der Waals surface area contributed by atoms with E-state index in [1.165, 1.54) is 84.4 Å². The van der Waals surface area contributed by atoms with Gasteiger partial charge in [0.2, 0.25) is 0 Å². The highest BCUT2D eigenvalue weighted by molar-refractivity contribution is 5.86. The Labute approximate surface area is 386 Å². The number of benzene rings is 5. The van der Waals surface area contributed by atoms with Gasteiger partial charge in [-0.1, -0.05) is 205 Å². The lowest BCUT2D eigenvalue weighted by molar-refractivity contribution is 0.666. The first-order valence-electron chi connectivity index (χ1n) is 23.9. The van der Waals surface area contributed by atoms with Gasteiger partial charge in [0.1, 0.15) is 0 Å². The number of fused-ring (bicyclic) bond motifs is 1. The molecule has 1 heteroatoms. The van der Waals surface area contributed by atoms with Crippen LogP contribution in [0.1, 0.15) is 101 Å². The summed E-state index contributed by atoms with van der Waals surface area (Å²) >= 11 is 0. The van der Waals surface area contributed by atoms with Crippen molar-refractivity contribution in [3.05, 3.63) is 234 Å². The maximum Gasteiger partial charge on any atom is 0.0314 e. The topological polar surface area (TPSA) is 26.0 Å². The van der Waals surface area contributed by atoms with Crippen LogP contribution in [-0.2, 0) is 0 Å². The van der Waals surface area contributed by atoms with E-state index >= 15 is 0 Å². The molecule has 64 heavy (non-hydrogen) atoms. The number of nitrogen functional groups attached to an aromatic ring is 1. The molecule has 0 heterocycles. The third kappa shape index (κ3) is 12.0. The fourth-order valence-corrected chi connectivity index (χ4v) is 8.70. The molecule has 0 aromatic heterocycles. The van der Waals surface area contributed by atoms with E-state index in [2.05, 4.69) is 179 Å². The number of hydrogen-bond donors (Lipinski definition) is 1. The Hall–Kier alpha value is -6.44. The first kappa shape index (κ1) is 47.0. The summed E-state index contributed by atoms with van der Waals surface area (Å²) in [6, 6.07) is 43.1. The summed E-state index contributed by atoms with van der Waals surface area (Å²) in [5.74, 6) is 1.22. The van der Waals surface area contributed by atoms with Crippen molar-refractivity contribution < 1.29 is 0 Å². The van der Waals surface area contributed by atoms with E-state index < -0.39 is 0 Å². The van der Waals surface area contributed by atoms with Crippen LogP contribution >= 0.6 is 0 Å². The quantitative estimate of drug-likeness (QED) is 0.155. The van der Waals surface area contributed by atoms with E-state index in [1.807, 2.05) is 70.2 Å². The summed E-state index contributed by atoms with van der Waals surface area (Å²) < 4.78 is 0. The van der Waals surface area contributed by atoms with Crippen LogP contribution < -0.4 is 5.73 Å². The summed E-state index contributed by atoms with van der Waals surface area (Å²) in [6.07, 6.45) is 36.3. The van der Waals surface area contributed by atoms with E-state index in [9.17, 15) is 0 Å². The predicted octanol–water partition coefficient (Wildman–Crippen LogP) is 17.9. The molecule has 0 fully saturated rings. The Morgan fingerprint density at radius 1 is 0.562 bits per heavy atom. The monoisotopic (exact) mass is 840 g/mol. The molecule has 0 bridgehead atoms. The van der Waals surface area contributed by atoms with Gasteiger partial charge in [-0.25, -0.2) is 0 Å². The molecule has 0 amide bonds. The van der Waals surface area contributed by atoms with Crippen LogP contribution in [0, 0.1) is 24.7 Å². The second-order valence-corrected chi connectivity index (χ2v) is 16.5. The van der Waals surface area contributed by atoms with Crippen LogP contribution in [0.5, 0.6) is 0 Å². The van der Waals surface area contributed by atoms with Gasteiger partial charge in [0, 0.05) is 17.5 Å². The van der Waals surface area contributed by atoms with Gasteiger partial charge >= 0.3 is 0 Å². The average molecular weight is 840 g/mol. The molecule has 9 rings (SSSR count). The van der Waals surface area contributed by atoms with Crippen molar-refractivity contribution in [3.63, 3.8) is 0 Å². The zero-order chi connectivity index (χ0) is 45.3. The molecule has 4 aliphatic rings. The molecule has 0 saturated heterocycles. The summed E-state index contributed by atoms with van der Waals surface area (Å²) in [5, 5.41) is 0. The van der Waals surface area contributed by atoms with Crippen molar-refractivity contribution in [1.29, 1.82) is 0 Å². The van der Waals surface area contributed by atoms with Crippen molar-refractivity contribution in [2.24, 2.45) is 17.8 Å². The largest absolute Gasteiger partial charge is 0.399 e. The number of hydrogen-bond acceptors (Lipinski definition) is 1. The van der Waals surface area contributed by atoms with E-state index in [-0.39, 0.29) is 0 Å². The summed E-state index contributed by atoms with van der Waals surface area (Å²) in [7, 11) is 0. The maximum absolute atomic E-state index is 5.60. The van der Waals surface area contributed by atoms with Crippen LogP contribution in [-0.4, -0.2) is 0 Å². The highest BCUT2D eigenvalue weighted by Crippen LogP contribution is 2.39. The second-order valence-electron chi connectivity index (χ2n) is 16.5. The van der Waals surface area contributed by atoms with Crippen molar-refractivity contribution in [1.82, 2.24) is 0 Å². The molecule has 5 aromatic rings. The standard InChI is InChI=1S/C47H46.C12H11N.2C2H6/c1-4-33(2)45-20-11-12-21-46(45)47-32-41(23-22-34(47)3)37-18-13-19-39-28-40(27-26-38(39)25-24-37)44-30-42(35-14-7-5-8-15-35)29-43(31-44)36-16-9-6-10-17-36;13-12-8-6-11(7-9-12)10-4-2-1-3-5-10;2*1-2/h5-9,13-16,18-33,38-39H,4,10-12,17H2,1-3H3;1-9H,13H2;2*1-2H3/b19-13+,25-24-,37-18+;;;. The van der Waals surface area contributed by atoms with Crippen LogP contribution in [0.25, 0.3) is 44.5 Å². The highest BCUT2D eigenvalue weighted by atomic mass is 14.5. The molecular weight excluding hydrogens is 771 g/mol. The van der Waals surface area contributed by atoms with Gasteiger partial charge in [-0.15, -0.1) is 0 Å². The van der Waals surface area contributed by atoms with Crippen molar-refractivity contribution >= 4 is 28.0 Å². The van der Waals surface area contributed by atoms with Crippen LogP contribution in [0.2, 0.25) is 0 Å². The molecule has 0 aliphatic heterocycles. The van der Waals surface area contributed by atoms with Crippen LogP contribution in [0.3, 0.4) is 0 Å². The predicted molar refractivity (Wildman–Crippen MR) is 283 cm³/mol. The molecule has 0 radical (unpaired) electrons. The summed E-state index contributed by atoms with van der Waals surface area (Å²) in [4.78, 5) is 0. The van der Waals surface area contributed by atoms with E-state index in [1.54, 1.807) is 0 Å². The Kier molecular flexibility index (Phi) is 17.5. The third-order valence-electron chi connectivity index (χ3n) is 12.4. The highest BCUT2D eigenvalue weighted by Gasteiger charge is 2.21.